The molecule has 0 rings (SSSR count). The highest BCUT2D eigenvalue weighted by Gasteiger charge is 2.10. The lowest BCUT2D eigenvalue weighted by Crippen LogP contribution is -2.36. The molecule has 2 heteroatoms. The van der Waals surface area contributed by atoms with Crippen molar-refractivity contribution in [2.75, 3.05) is 0 Å². The van der Waals surface area contributed by atoms with E-state index in [-0.39, 0.29) is 5.54 Å². The topological polar surface area (TPSA) is 12.0 Å². The molecule has 0 aliphatic heterocycles. The predicted octanol–water partition coefficient (Wildman–Crippen LogP) is 1.72. The second kappa shape index (κ2) is 3.02. The minimum absolute atomic E-state index is 0.182. The summed E-state index contributed by atoms with van der Waals surface area (Å²) in [5.41, 5.74) is 1.76. The molecule has 1 nitrogen and oxygen atoms in total. The Kier molecular flexibility index (Phi) is 2.98. The maximum atomic E-state index is 4.63. The van der Waals surface area contributed by atoms with Crippen molar-refractivity contribution < 1.29 is 0 Å². The average molecular weight is 131 g/mol. The third kappa shape index (κ3) is 2.97. The van der Waals surface area contributed by atoms with E-state index in [1.54, 1.807) is 5.49 Å². The molecule has 0 aliphatic carbocycles. The molecule has 0 saturated carbocycles. The first-order chi connectivity index (χ1) is 3.62. The Labute approximate surface area is 56.5 Å². The van der Waals surface area contributed by atoms with E-state index in [2.05, 4.69) is 38.3 Å². The van der Waals surface area contributed by atoms with E-state index in [9.17, 15) is 0 Å². The number of thiocarbonyl (C=S) groups is 1. The van der Waals surface area contributed by atoms with Crippen LogP contribution in [-0.2, 0) is 0 Å². The average Bonchev–Trinajstić information content (AvgIpc) is 1.67. The summed E-state index contributed by atoms with van der Waals surface area (Å²) in [5.74, 6) is 0. The van der Waals surface area contributed by atoms with Crippen LogP contribution in [0.15, 0.2) is 0 Å². The summed E-state index contributed by atoms with van der Waals surface area (Å²) in [6, 6.07) is 0. The summed E-state index contributed by atoms with van der Waals surface area (Å²) in [6.45, 7) is 6.37. The molecule has 8 heavy (non-hydrogen) atoms. The summed E-state index contributed by atoms with van der Waals surface area (Å²) in [7, 11) is 0. The van der Waals surface area contributed by atoms with Crippen LogP contribution in [0, 0.1) is 0 Å². The van der Waals surface area contributed by atoms with Gasteiger partial charge >= 0.3 is 0 Å². The molecule has 0 radical (unpaired) electrons. The number of rotatable bonds is 3. The van der Waals surface area contributed by atoms with Crippen molar-refractivity contribution in [3.63, 3.8) is 0 Å². The molecular formula is C6H13NS. The second-order valence-corrected chi connectivity index (χ2v) is 2.74. The molecule has 0 atom stereocenters. The highest BCUT2D eigenvalue weighted by atomic mass is 32.1. The van der Waals surface area contributed by atoms with Crippen LogP contribution in [0.3, 0.4) is 0 Å². The van der Waals surface area contributed by atoms with E-state index < -0.39 is 0 Å². The molecule has 0 spiro atoms. The van der Waals surface area contributed by atoms with E-state index >= 15 is 0 Å². The zero-order valence-corrected chi connectivity index (χ0v) is 6.51. The third-order valence-corrected chi connectivity index (χ3v) is 1.45. The van der Waals surface area contributed by atoms with Gasteiger partial charge in [0.05, 0.1) is 5.49 Å². The zero-order chi connectivity index (χ0) is 6.62. The number of hydrogen-bond donors (Lipinski definition) is 1. The van der Waals surface area contributed by atoms with Gasteiger partial charge in [0.15, 0.2) is 0 Å². The predicted molar refractivity (Wildman–Crippen MR) is 41.2 cm³/mol. The normalized spacial score (nSPS) is 10.9. The molecule has 0 saturated heterocycles. The SMILES string of the molecule is CCC(C)(C)NC=S. The smallest absolute Gasteiger partial charge is 0.0618 e. The van der Waals surface area contributed by atoms with Gasteiger partial charge in [-0.3, -0.25) is 0 Å². The molecule has 48 valence electrons. The van der Waals surface area contributed by atoms with Crippen molar-refractivity contribution >= 4 is 17.7 Å². The molecule has 0 heterocycles. The van der Waals surface area contributed by atoms with Gasteiger partial charge in [-0.15, -0.1) is 0 Å². The minimum Gasteiger partial charge on any atom is -0.377 e. The summed E-state index contributed by atoms with van der Waals surface area (Å²) in [5, 5.41) is 3.06. The quantitative estimate of drug-likeness (QED) is 0.585. The van der Waals surface area contributed by atoms with Crippen molar-refractivity contribution in [2.24, 2.45) is 0 Å². The lowest BCUT2D eigenvalue weighted by Gasteiger charge is -2.21. The van der Waals surface area contributed by atoms with E-state index in [0.717, 1.165) is 6.42 Å². The van der Waals surface area contributed by atoms with Gasteiger partial charge in [-0.2, -0.15) is 0 Å². The van der Waals surface area contributed by atoms with Gasteiger partial charge < -0.3 is 5.32 Å². The fraction of sp³-hybridized carbons (Fsp3) is 0.833. The van der Waals surface area contributed by atoms with Gasteiger partial charge in [0, 0.05) is 5.54 Å². The van der Waals surface area contributed by atoms with Gasteiger partial charge in [0.25, 0.3) is 0 Å². The van der Waals surface area contributed by atoms with Crippen molar-refractivity contribution in [1.29, 1.82) is 0 Å². The van der Waals surface area contributed by atoms with Crippen LogP contribution in [0.2, 0.25) is 0 Å². The third-order valence-electron chi connectivity index (χ3n) is 1.33. The van der Waals surface area contributed by atoms with Crippen LogP contribution in [0.4, 0.5) is 0 Å². The molecule has 0 aromatic carbocycles. The fourth-order valence-electron chi connectivity index (χ4n) is 0.262. The molecular weight excluding hydrogens is 118 g/mol. The maximum absolute atomic E-state index is 4.63. The largest absolute Gasteiger partial charge is 0.377 e. The van der Waals surface area contributed by atoms with Gasteiger partial charge in [0.2, 0.25) is 0 Å². The molecule has 0 aromatic rings. The van der Waals surface area contributed by atoms with E-state index in [4.69, 9.17) is 0 Å². The first-order valence-electron chi connectivity index (χ1n) is 2.84. The minimum atomic E-state index is 0.182. The summed E-state index contributed by atoms with van der Waals surface area (Å²) in [4.78, 5) is 0. The van der Waals surface area contributed by atoms with Crippen LogP contribution in [0.1, 0.15) is 27.2 Å². The first-order valence-corrected chi connectivity index (χ1v) is 3.31. The molecule has 0 aliphatic rings. The molecule has 0 bridgehead atoms. The van der Waals surface area contributed by atoms with Crippen molar-refractivity contribution in [3.8, 4) is 0 Å². The van der Waals surface area contributed by atoms with Crippen LogP contribution >= 0.6 is 12.2 Å². The van der Waals surface area contributed by atoms with Crippen LogP contribution in [0.5, 0.6) is 0 Å². The Bertz CT molecular complexity index is 78.6. The monoisotopic (exact) mass is 131 g/mol. The Hall–Kier alpha value is -0.110. The van der Waals surface area contributed by atoms with Gasteiger partial charge in [0.1, 0.15) is 0 Å². The van der Waals surface area contributed by atoms with E-state index in [1.165, 1.54) is 0 Å². The number of nitrogens with one attached hydrogen (secondary N) is 1. The van der Waals surface area contributed by atoms with Crippen molar-refractivity contribution in [1.82, 2.24) is 5.32 Å². The molecule has 0 fully saturated rings. The molecule has 0 amide bonds. The van der Waals surface area contributed by atoms with Gasteiger partial charge in [-0.05, 0) is 20.3 Å². The first kappa shape index (κ1) is 7.89. The number of hydrogen-bond acceptors (Lipinski definition) is 1. The standard InChI is InChI=1S/C6H13NS/c1-4-6(2,3)7-5-8/h5H,4H2,1-3H3,(H,7,8). The highest BCUT2D eigenvalue weighted by Crippen LogP contribution is 2.04. The summed E-state index contributed by atoms with van der Waals surface area (Å²) in [6.07, 6.45) is 1.10. The Morgan fingerprint density at radius 3 is 2.25 bits per heavy atom. The van der Waals surface area contributed by atoms with E-state index in [0.29, 0.717) is 0 Å². The second-order valence-electron chi connectivity index (χ2n) is 2.50. The fourth-order valence-corrected chi connectivity index (χ4v) is 0.581. The van der Waals surface area contributed by atoms with Crippen LogP contribution in [0.25, 0.3) is 0 Å². The van der Waals surface area contributed by atoms with E-state index in [1.807, 2.05) is 0 Å². The van der Waals surface area contributed by atoms with Gasteiger partial charge in [-0.1, -0.05) is 19.1 Å². The van der Waals surface area contributed by atoms with Crippen molar-refractivity contribution in [2.45, 2.75) is 32.7 Å². The van der Waals surface area contributed by atoms with Crippen LogP contribution < -0.4 is 5.32 Å². The van der Waals surface area contributed by atoms with Gasteiger partial charge in [-0.25, -0.2) is 0 Å². The Morgan fingerprint density at radius 2 is 2.12 bits per heavy atom. The molecule has 0 unspecified atom stereocenters. The molecule has 0 aromatic heterocycles. The Balaban J connectivity index is 3.53. The molecule has 1 N–H and O–H groups in total. The zero-order valence-electron chi connectivity index (χ0n) is 5.69. The lowest BCUT2D eigenvalue weighted by molar-refractivity contribution is 0.452. The maximum Gasteiger partial charge on any atom is 0.0618 e. The van der Waals surface area contributed by atoms with Crippen LogP contribution in [-0.4, -0.2) is 11.0 Å². The van der Waals surface area contributed by atoms with Crippen molar-refractivity contribution in [3.05, 3.63) is 0 Å². The summed E-state index contributed by atoms with van der Waals surface area (Å²) >= 11 is 4.63. The Morgan fingerprint density at radius 1 is 1.62 bits per heavy atom. The highest BCUT2D eigenvalue weighted by molar-refractivity contribution is 7.78. The lowest BCUT2D eigenvalue weighted by atomic mass is 10.0. The summed E-state index contributed by atoms with van der Waals surface area (Å²) < 4.78 is 0.